The summed E-state index contributed by atoms with van der Waals surface area (Å²) >= 11 is 0. The summed E-state index contributed by atoms with van der Waals surface area (Å²) in [5, 5.41) is 18.3. The van der Waals surface area contributed by atoms with Crippen LogP contribution in [0.5, 0.6) is 0 Å². The predicted molar refractivity (Wildman–Crippen MR) is 110 cm³/mol. The van der Waals surface area contributed by atoms with Gasteiger partial charge in [0.2, 0.25) is 0 Å². The molecular formula is C21H37N3O4. The molecule has 2 unspecified atom stereocenters. The molecule has 0 aromatic heterocycles. The first kappa shape index (κ1) is 24.0. The number of nitrogens with zero attached hydrogens (tertiary/aromatic N) is 2. The summed E-state index contributed by atoms with van der Waals surface area (Å²) in [6, 6.07) is 0. The maximum Gasteiger partial charge on any atom is 0.410 e. The summed E-state index contributed by atoms with van der Waals surface area (Å²) in [4.78, 5) is 28.2. The molecule has 7 nitrogen and oxygen atoms in total. The van der Waals surface area contributed by atoms with Gasteiger partial charge in [0.25, 0.3) is 5.91 Å². The SMILES string of the molecule is C/C=C(\O)C(=O)N1CC(CC)CCC(C)(N(C)C(=O)OC(C)(C)C)CCC1=N. The number of ether oxygens (including phenoxy) is 1. The number of amides is 2. The zero-order chi connectivity index (χ0) is 21.7. The molecule has 0 aliphatic carbocycles. The molecule has 1 rings (SSSR count). The summed E-state index contributed by atoms with van der Waals surface area (Å²) in [6.07, 6.45) is 4.26. The minimum Gasteiger partial charge on any atom is -0.503 e. The highest BCUT2D eigenvalue weighted by molar-refractivity contribution is 6.03. The van der Waals surface area contributed by atoms with Gasteiger partial charge >= 0.3 is 6.09 Å². The van der Waals surface area contributed by atoms with E-state index in [4.69, 9.17) is 10.1 Å². The highest BCUT2D eigenvalue weighted by atomic mass is 16.6. The Bertz CT molecular complexity index is 624. The molecule has 0 aromatic rings. The minimum atomic E-state index is -0.577. The number of nitrogens with one attached hydrogen (secondary N) is 1. The number of hydrogen-bond acceptors (Lipinski definition) is 5. The van der Waals surface area contributed by atoms with Crippen molar-refractivity contribution >= 4 is 17.8 Å². The number of hydrogen-bond donors (Lipinski definition) is 2. The van der Waals surface area contributed by atoms with Crippen LogP contribution >= 0.6 is 0 Å². The van der Waals surface area contributed by atoms with Gasteiger partial charge in [-0.3, -0.25) is 15.1 Å². The van der Waals surface area contributed by atoms with Crippen LogP contribution in [0.25, 0.3) is 0 Å². The van der Waals surface area contributed by atoms with Gasteiger partial charge in [0.1, 0.15) is 11.4 Å². The normalized spacial score (nSPS) is 24.8. The molecule has 2 N–H and O–H groups in total. The fourth-order valence-corrected chi connectivity index (χ4v) is 3.31. The molecule has 0 bridgehead atoms. The predicted octanol–water partition coefficient (Wildman–Crippen LogP) is 4.48. The van der Waals surface area contributed by atoms with Gasteiger partial charge < -0.3 is 14.7 Å². The third-order valence-electron chi connectivity index (χ3n) is 5.55. The number of aliphatic hydroxyl groups is 1. The van der Waals surface area contributed by atoms with E-state index in [-0.39, 0.29) is 23.6 Å². The Hall–Kier alpha value is -2.05. The molecule has 1 fully saturated rings. The second kappa shape index (κ2) is 9.43. The molecular weight excluding hydrogens is 358 g/mol. The quantitative estimate of drug-likeness (QED) is 0.544. The largest absolute Gasteiger partial charge is 0.503 e. The molecule has 0 saturated carbocycles. The van der Waals surface area contributed by atoms with Crippen molar-refractivity contribution in [2.75, 3.05) is 13.6 Å². The molecule has 160 valence electrons. The summed E-state index contributed by atoms with van der Waals surface area (Å²) < 4.78 is 5.53. The van der Waals surface area contributed by atoms with Crippen molar-refractivity contribution in [1.82, 2.24) is 9.80 Å². The summed E-state index contributed by atoms with van der Waals surface area (Å²) in [7, 11) is 1.74. The van der Waals surface area contributed by atoms with Gasteiger partial charge in [0.05, 0.1) is 0 Å². The molecule has 2 amide bonds. The average Bonchev–Trinajstić information content (AvgIpc) is 2.68. The molecule has 1 aliphatic rings. The van der Waals surface area contributed by atoms with E-state index in [1.165, 1.54) is 11.0 Å². The lowest BCUT2D eigenvalue weighted by Crippen LogP contribution is -2.49. The highest BCUT2D eigenvalue weighted by Crippen LogP contribution is 2.32. The Balaban J connectivity index is 3.09. The third kappa shape index (κ3) is 6.24. The van der Waals surface area contributed by atoms with Gasteiger partial charge in [0, 0.05) is 25.6 Å². The van der Waals surface area contributed by atoms with E-state index in [1.807, 2.05) is 27.7 Å². The van der Waals surface area contributed by atoms with Gasteiger partial charge in [0.15, 0.2) is 5.76 Å². The topological polar surface area (TPSA) is 93.9 Å². The second-order valence-corrected chi connectivity index (χ2v) is 8.89. The Labute approximate surface area is 169 Å². The van der Waals surface area contributed by atoms with Gasteiger partial charge in [-0.2, -0.15) is 0 Å². The van der Waals surface area contributed by atoms with Crippen LogP contribution in [0.15, 0.2) is 11.8 Å². The average molecular weight is 396 g/mol. The summed E-state index contributed by atoms with van der Waals surface area (Å²) in [6.45, 7) is 11.6. The number of aliphatic hydroxyl groups excluding tert-OH is 1. The second-order valence-electron chi connectivity index (χ2n) is 8.89. The molecule has 1 aliphatic heterocycles. The van der Waals surface area contributed by atoms with Crippen LogP contribution in [0.4, 0.5) is 4.79 Å². The summed E-state index contributed by atoms with van der Waals surface area (Å²) in [5.74, 6) is -0.525. The number of rotatable bonds is 3. The maximum absolute atomic E-state index is 12.6. The Morgan fingerprint density at radius 2 is 2.00 bits per heavy atom. The first-order chi connectivity index (χ1) is 12.8. The monoisotopic (exact) mass is 395 g/mol. The zero-order valence-electron chi connectivity index (χ0n) is 18.5. The molecule has 0 spiro atoms. The lowest BCUT2D eigenvalue weighted by molar-refractivity contribution is -0.126. The lowest BCUT2D eigenvalue weighted by atomic mass is 9.85. The molecule has 0 radical (unpaired) electrons. The Morgan fingerprint density at radius 3 is 2.50 bits per heavy atom. The molecule has 1 saturated heterocycles. The van der Waals surface area contributed by atoms with Gasteiger partial charge in [-0.05, 0) is 65.9 Å². The number of carbonyl (C=O) groups is 2. The van der Waals surface area contributed by atoms with Crippen molar-refractivity contribution in [3.05, 3.63) is 11.8 Å². The maximum atomic E-state index is 12.6. The van der Waals surface area contributed by atoms with Crippen LogP contribution in [-0.2, 0) is 9.53 Å². The highest BCUT2D eigenvalue weighted by Gasteiger charge is 2.38. The molecule has 1 heterocycles. The summed E-state index contributed by atoms with van der Waals surface area (Å²) in [5.41, 5.74) is -1.06. The van der Waals surface area contributed by atoms with Crippen LogP contribution in [0.2, 0.25) is 0 Å². The smallest absolute Gasteiger partial charge is 0.410 e. The van der Waals surface area contributed by atoms with Crippen molar-refractivity contribution < 1.29 is 19.4 Å². The van der Waals surface area contributed by atoms with Crippen LogP contribution in [-0.4, -0.2) is 57.5 Å². The van der Waals surface area contributed by atoms with E-state index in [1.54, 1.807) is 18.9 Å². The van der Waals surface area contributed by atoms with Crippen molar-refractivity contribution in [2.24, 2.45) is 5.92 Å². The minimum absolute atomic E-state index is 0.169. The Kier molecular flexibility index (Phi) is 8.08. The van der Waals surface area contributed by atoms with Crippen molar-refractivity contribution in [3.63, 3.8) is 0 Å². The fraction of sp³-hybridized carbons (Fsp3) is 0.762. The van der Waals surface area contributed by atoms with Crippen molar-refractivity contribution in [1.29, 1.82) is 5.41 Å². The van der Waals surface area contributed by atoms with Gasteiger partial charge in [-0.25, -0.2) is 4.79 Å². The first-order valence-electron chi connectivity index (χ1n) is 10.1. The number of amidine groups is 1. The molecule has 28 heavy (non-hydrogen) atoms. The first-order valence-corrected chi connectivity index (χ1v) is 10.1. The van der Waals surface area contributed by atoms with Crippen LogP contribution in [0.3, 0.4) is 0 Å². The van der Waals surface area contributed by atoms with E-state index in [0.717, 1.165) is 19.3 Å². The van der Waals surface area contributed by atoms with Crippen LogP contribution in [0, 0.1) is 11.3 Å². The third-order valence-corrected chi connectivity index (χ3v) is 5.55. The van der Waals surface area contributed by atoms with E-state index in [9.17, 15) is 14.7 Å². The molecule has 0 aromatic carbocycles. The van der Waals surface area contributed by atoms with E-state index >= 15 is 0 Å². The van der Waals surface area contributed by atoms with Gasteiger partial charge in [-0.1, -0.05) is 13.3 Å². The number of allylic oxidation sites excluding steroid dienone is 1. The molecule has 7 heteroatoms. The zero-order valence-corrected chi connectivity index (χ0v) is 18.5. The van der Waals surface area contributed by atoms with Crippen LogP contribution < -0.4 is 0 Å². The lowest BCUT2D eigenvalue weighted by Gasteiger charge is -2.40. The van der Waals surface area contributed by atoms with E-state index in [2.05, 4.69) is 6.92 Å². The van der Waals surface area contributed by atoms with Crippen molar-refractivity contribution in [2.45, 2.75) is 84.8 Å². The number of carbonyl (C=O) groups excluding carboxylic acids is 2. The Morgan fingerprint density at radius 1 is 1.39 bits per heavy atom. The molecule has 2 atom stereocenters. The van der Waals surface area contributed by atoms with Gasteiger partial charge in [-0.15, -0.1) is 0 Å². The van der Waals surface area contributed by atoms with E-state index in [0.29, 0.717) is 19.4 Å². The van der Waals surface area contributed by atoms with Crippen LogP contribution in [0.1, 0.15) is 73.6 Å². The standard InChI is InChI=1S/C21H37N3O4/c1-8-15-10-12-21(6,23(7)19(27)28-20(3,4)5)13-11-17(22)24(14-15)18(26)16(25)9-2/h9,15,22,25H,8,10-14H2,1-7H3/b16-9-,22-17?. The van der Waals surface area contributed by atoms with Crippen molar-refractivity contribution in [3.8, 4) is 0 Å². The van der Waals surface area contributed by atoms with E-state index < -0.39 is 17.0 Å². The fourth-order valence-electron chi connectivity index (χ4n) is 3.31.